The summed E-state index contributed by atoms with van der Waals surface area (Å²) in [4.78, 5) is 13.2. The molecular weight excluding hydrogens is 286 g/mol. The Morgan fingerprint density at radius 2 is 2.19 bits per heavy atom. The number of nitrogens with zero attached hydrogens (tertiary/aromatic N) is 1. The molecular formula is C16H13NO3S. The molecule has 21 heavy (non-hydrogen) atoms. The second kappa shape index (κ2) is 5.54. The zero-order chi connectivity index (χ0) is 14.8. The first kappa shape index (κ1) is 13.6. The summed E-state index contributed by atoms with van der Waals surface area (Å²) in [5.41, 5.74) is 1.87. The Balaban J connectivity index is 1.81. The highest BCUT2D eigenvalue weighted by molar-refractivity contribution is 7.13. The third kappa shape index (κ3) is 2.87. The molecule has 0 amide bonds. The van der Waals surface area contributed by atoms with Gasteiger partial charge in [-0.25, -0.2) is 0 Å². The van der Waals surface area contributed by atoms with Gasteiger partial charge in [0.25, 0.3) is 0 Å². The van der Waals surface area contributed by atoms with Gasteiger partial charge in [-0.2, -0.15) is 0 Å². The van der Waals surface area contributed by atoms with Crippen molar-refractivity contribution in [1.29, 1.82) is 0 Å². The van der Waals surface area contributed by atoms with Gasteiger partial charge in [-0.15, -0.1) is 11.3 Å². The summed E-state index contributed by atoms with van der Waals surface area (Å²) in [5, 5.41) is 15.5. The van der Waals surface area contributed by atoms with Crippen molar-refractivity contribution in [2.45, 2.75) is 13.3 Å². The second-order valence-corrected chi connectivity index (χ2v) is 5.73. The number of carbonyl (C=O) groups excluding carboxylic acids is 1. The number of hydrogen-bond acceptors (Lipinski definition) is 5. The molecule has 1 N–H and O–H groups in total. The van der Waals surface area contributed by atoms with E-state index in [-0.39, 0.29) is 23.6 Å². The van der Waals surface area contributed by atoms with Crippen LogP contribution in [0.15, 0.2) is 46.3 Å². The van der Waals surface area contributed by atoms with Crippen LogP contribution in [0.1, 0.15) is 21.6 Å². The lowest BCUT2D eigenvalue weighted by molar-refractivity contribution is 0.0983. The summed E-state index contributed by atoms with van der Waals surface area (Å²) in [7, 11) is 0. The SMILES string of the molecule is Cc1ccc(O)c(CC(=O)c2cc(-c3cccs3)on2)c1. The van der Waals surface area contributed by atoms with E-state index in [0.29, 0.717) is 11.3 Å². The Hall–Kier alpha value is -2.40. The number of thiophene rings is 1. The zero-order valence-electron chi connectivity index (χ0n) is 11.4. The predicted octanol–water partition coefficient (Wildman–Crippen LogP) is 3.84. The lowest BCUT2D eigenvalue weighted by atomic mass is 10.0. The quantitative estimate of drug-likeness (QED) is 0.743. The molecule has 0 spiro atoms. The normalized spacial score (nSPS) is 10.7. The van der Waals surface area contributed by atoms with Crippen molar-refractivity contribution < 1.29 is 14.4 Å². The summed E-state index contributed by atoms with van der Waals surface area (Å²) in [6.45, 7) is 1.92. The Morgan fingerprint density at radius 1 is 1.33 bits per heavy atom. The average Bonchev–Trinajstić information content (AvgIpc) is 3.12. The van der Waals surface area contributed by atoms with Gasteiger partial charge in [-0.05, 0) is 24.4 Å². The van der Waals surface area contributed by atoms with E-state index >= 15 is 0 Å². The van der Waals surface area contributed by atoms with Crippen molar-refractivity contribution in [3.63, 3.8) is 0 Å². The molecule has 4 nitrogen and oxygen atoms in total. The van der Waals surface area contributed by atoms with Gasteiger partial charge in [0.15, 0.2) is 17.2 Å². The number of Topliss-reactive ketones (excluding diaryl/α,β-unsaturated/α-hetero) is 1. The zero-order valence-corrected chi connectivity index (χ0v) is 12.2. The van der Waals surface area contributed by atoms with Crippen molar-refractivity contribution in [2.24, 2.45) is 0 Å². The molecule has 5 heteroatoms. The maximum Gasteiger partial charge on any atom is 0.189 e. The van der Waals surface area contributed by atoms with Crippen LogP contribution in [0.5, 0.6) is 5.75 Å². The minimum atomic E-state index is -0.178. The van der Waals surface area contributed by atoms with Gasteiger partial charge in [-0.3, -0.25) is 4.79 Å². The summed E-state index contributed by atoms with van der Waals surface area (Å²) >= 11 is 1.52. The van der Waals surface area contributed by atoms with Crippen molar-refractivity contribution in [2.75, 3.05) is 0 Å². The number of ketones is 1. The first-order valence-electron chi connectivity index (χ1n) is 6.46. The molecule has 0 saturated heterocycles. The lowest BCUT2D eigenvalue weighted by Crippen LogP contribution is -2.04. The van der Waals surface area contributed by atoms with Crippen LogP contribution < -0.4 is 0 Å². The monoisotopic (exact) mass is 299 g/mol. The Kier molecular flexibility index (Phi) is 3.58. The number of aromatic hydroxyl groups is 1. The van der Waals surface area contributed by atoms with Gasteiger partial charge in [-0.1, -0.05) is 28.9 Å². The number of phenolic OH excluding ortho intramolecular Hbond substituents is 1. The molecule has 0 aliphatic rings. The van der Waals surface area contributed by atoms with Crippen LogP contribution in [0.2, 0.25) is 0 Å². The number of hydrogen-bond donors (Lipinski definition) is 1. The standard InChI is InChI=1S/C16H13NO3S/c1-10-4-5-13(18)11(7-10)8-14(19)12-9-15(20-17-12)16-3-2-6-21-16/h2-7,9,18H,8H2,1H3. The number of benzene rings is 1. The number of aryl methyl sites for hydroxylation is 1. The van der Waals surface area contributed by atoms with Crippen molar-refractivity contribution in [1.82, 2.24) is 5.16 Å². The van der Waals surface area contributed by atoms with Gasteiger partial charge in [0.2, 0.25) is 0 Å². The molecule has 0 fully saturated rings. The van der Waals surface area contributed by atoms with Crippen molar-refractivity contribution >= 4 is 17.1 Å². The van der Waals surface area contributed by atoms with Crippen LogP contribution >= 0.6 is 11.3 Å². The van der Waals surface area contributed by atoms with E-state index in [2.05, 4.69) is 5.16 Å². The predicted molar refractivity (Wildman–Crippen MR) is 80.7 cm³/mol. The Bertz CT molecular complexity index is 775. The van der Waals surface area contributed by atoms with E-state index in [1.165, 1.54) is 11.3 Å². The highest BCUT2D eigenvalue weighted by Crippen LogP contribution is 2.26. The molecule has 0 aliphatic carbocycles. The number of carbonyl (C=O) groups is 1. The first-order chi connectivity index (χ1) is 10.1. The van der Waals surface area contributed by atoms with Gasteiger partial charge >= 0.3 is 0 Å². The summed E-state index contributed by atoms with van der Waals surface area (Å²) < 4.78 is 5.20. The van der Waals surface area contributed by atoms with E-state index < -0.39 is 0 Å². The topological polar surface area (TPSA) is 63.3 Å². The second-order valence-electron chi connectivity index (χ2n) is 4.79. The van der Waals surface area contributed by atoms with Gasteiger partial charge in [0.05, 0.1) is 4.88 Å². The van der Waals surface area contributed by atoms with Crippen LogP contribution in [0.4, 0.5) is 0 Å². The van der Waals surface area contributed by atoms with E-state index in [0.717, 1.165) is 10.4 Å². The fraction of sp³-hybridized carbons (Fsp3) is 0.125. The molecule has 0 atom stereocenters. The van der Waals surface area contributed by atoms with Crippen molar-refractivity contribution in [3.8, 4) is 16.4 Å². The highest BCUT2D eigenvalue weighted by Gasteiger charge is 2.16. The van der Waals surface area contributed by atoms with Gasteiger partial charge in [0.1, 0.15) is 5.75 Å². The van der Waals surface area contributed by atoms with Crippen LogP contribution in [0.3, 0.4) is 0 Å². The van der Waals surface area contributed by atoms with Crippen LogP contribution in [0.25, 0.3) is 10.6 Å². The minimum absolute atomic E-state index is 0.101. The van der Waals surface area contributed by atoms with Crippen LogP contribution in [-0.4, -0.2) is 16.0 Å². The summed E-state index contributed by atoms with van der Waals surface area (Å²) in [5.74, 6) is 0.528. The first-order valence-corrected chi connectivity index (χ1v) is 7.34. The fourth-order valence-electron chi connectivity index (χ4n) is 2.06. The number of aromatic nitrogens is 1. The van der Waals surface area contributed by atoms with E-state index in [1.54, 1.807) is 24.3 Å². The molecule has 3 aromatic rings. The fourth-order valence-corrected chi connectivity index (χ4v) is 2.73. The third-order valence-corrected chi connectivity index (χ3v) is 4.03. The van der Waals surface area contributed by atoms with E-state index in [9.17, 15) is 9.90 Å². The lowest BCUT2D eigenvalue weighted by Gasteiger charge is -2.03. The molecule has 0 bridgehead atoms. The molecule has 2 heterocycles. The Labute approximate surface area is 125 Å². The van der Waals surface area contributed by atoms with Crippen molar-refractivity contribution in [3.05, 3.63) is 58.6 Å². The molecule has 0 saturated carbocycles. The summed E-state index contributed by atoms with van der Waals surface area (Å²) in [6, 6.07) is 10.7. The molecule has 0 unspecified atom stereocenters. The minimum Gasteiger partial charge on any atom is -0.508 e. The number of phenols is 1. The van der Waals surface area contributed by atoms with Crippen LogP contribution in [0, 0.1) is 6.92 Å². The van der Waals surface area contributed by atoms with E-state index in [1.807, 2.05) is 24.4 Å². The number of rotatable bonds is 4. The third-order valence-electron chi connectivity index (χ3n) is 3.15. The highest BCUT2D eigenvalue weighted by atomic mass is 32.1. The molecule has 106 valence electrons. The van der Waals surface area contributed by atoms with E-state index in [4.69, 9.17) is 4.52 Å². The van der Waals surface area contributed by atoms with Gasteiger partial charge < -0.3 is 9.63 Å². The molecule has 0 aliphatic heterocycles. The molecule has 3 rings (SSSR count). The van der Waals surface area contributed by atoms with Crippen LogP contribution in [-0.2, 0) is 6.42 Å². The molecule has 2 aromatic heterocycles. The smallest absolute Gasteiger partial charge is 0.189 e. The molecule has 0 radical (unpaired) electrons. The maximum atomic E-state index is 12.2. The summed E-state index contributed by atoms with van der Waals surface area (Å²) in [6.07, 6.45) is 0.101. The average molecular weight is 299 g/mol. The molecule has 1 aromatic carbocycles. The maximum absolute atomic E-state index is 12.2. The largest absolute Gasteiger partial charge is 0.508 e. The Morgan fingerprint density at radius 3 is 2.95 bits per heavy atom. The van der Waals surface area contributed by atoms with Gasteiger partial charge in [0, 0.05) is 18.1 Å².